The molecule has 3 rings (SSSR count). The summed E-state index contributed by atoms with van der Waals surface area (Å²) in [5, 5.41) is 0.581. The number of aromatic nitrogens is 2. The number of benzene rings is 1. The van der Waals surface area contributed by atoms with E-state index in [1.54, 1.807) is 39.0 Å². The summed E-state index contributed by atoms with van der Waals surface area (Å²) in [5.74, 6) is -1.00. The van der Waals surface area contributed by atoms with Gasteiger partial charge in [0.1, 0.15) is 11.4 Å². The smallest absolute Gasteiger partial charge is 0.331 e. The van der Waals surface area contributed by atoms with Gasteiger partial charge in [-0.2, -0.15) is 0 Å². The fraction of sp³-hybridized carbons (Fsp3) is 0.200. The van der Waals surface area contributed by atoms with Crippen molar-refractivity contribution in [1.82, 2.24) is 8.96 Å². The van der Waals surface area contributed by atoms with E-state index in [9.17, 15) is 17.6 Å². The zero-order valence-corrected chi connectivity index (χ0v) is 16.4. The largest absolute Gasteiger partial charge is 0.457 e. The van der Waals surface area contributed by atoms with Gasteiger partial charge in [-0.1, -0.05) is 0 Å². The fourth-order valence-electron chi connectivity index (χ4n) is 2.52. The maximum atomic E-state index is 13.1. The van der Waals surface area contributed by atoms with E-state index in [1.807, 2.05) is 0 Å². The molecule has 6 nitrogen and oxygen atoms in total. The number of ether oxygens (including phenoxy) is 1. The van der Waals surface area contributed by atoms with Gasteiger partial charge in [0.15, 0.2) is 5.65 Å². The van der Waals surface area contributed by atoms with Crippen LogP contribution >= 0.6 is 0 Å². The summed E-state index contributed by atoms with van der Waals surface area (Å²) in [7, 11) is -3.90. The van der Waals surface area contributed by atoms with Crippen LogP contribution in [0.25, 0.3) is 17.1 Å². The first-order valence-electron chi connectivity index (χ1n) is 8.46. The highest BCUT2D eigenvalue weighted by Gasteiger charge is 2.20. The second-order valence-corrected chi connectivity index (χ2v) is 8.93. The minimum absolute atomic E-state index is 0.0397. The summed E-state index contributed by atoms with van der Waals surface area (Å²) >= 11 is 0. The molecule has 0 atom stereocenters. The second-order valence-electron chi connectivity index (χ2n) is 7.12. The van der Waals surface area contributed by atoms with E-state index in [0.29, 0.717) is 10.9 Å². The minimum Gasteiger partial charge on any atom is -0.457 e. The number of hydrogen-bond acceptors (Lipinski definition) is 5. The molecule has 0 unspecified atom stereocenters. The Labute approximate surface area is 162 Å². The predicted octanol–water partition coefficient (Wildman–Crippen LogP) is 3.77. The third-order valence-electron chi connectivity index (χ3n) is 3.70. The number of pyridine rings is 1. The van der Waals surface area contributed by atoms with Crippen LogP contribution < -0.4 is 0 Å². The van der Waals surface area contributed by atoms with Gasteiger partial charge >= 0.3 is 5.97 Å². The van der Waals surface area contributed by atoms with Crippen LogP contribution in [0.3, 0.4) is 0 Å². The number of rotatable bonds is 4. The molecule has 1 aromatic carbocycles. The summed E-state index contributed by atoms with van der Waals surface area (Å²) in [6.45, 7) is 5.32. The molecule has 3 aromatic rings. The van der Waals surface area contributed by atoms with Crippen molar-refractivity contribution in [2.75, 3.05) is 0 Å². The third-order valence-corrected chi connectivity index (χ3v) is 5.38. The molecule has 0 bridgehead atoms. The predicted molar refractivity (Wildman–Crippen MR) is 104 cm³/mol. The Bertz CT molecular complexity index is 1160. The Morgan fingerprint density at radius 1 is 1.18 bits per heavy atom. The molecule has 0 aliphatic carbocycles. The van der Waals surface area contributed by atoms with Crippen LogP contribution in [-0.2, 0) is 19.6 Å². The zero-order chi connectivity index (χ0) is 20.5. The van der Waals surface area contributed by atoms with Gasteiger partial charge in [0.05, 0.1) is 4.90 Å². The summed E-state index contributed by atoms with van der Waals surface area (Å²) < 4.78 is 44.9. The lowest BCUT2D eigenvalue weighted by Gasteiger charge is -2.17. The summed E-state index contributed by atoms with van der Waals surface area (Å²) in [6, 6.07) is 7.90. The molecule has 0 N–H and O–H groups in total. The molecular weight excluding hydrogens is 383 g/mol. The van der Waals surface area contributed by atoms with Gasteiger partial charge in [0, 0.05) is 23.9 Å². The van der Waals surface area contributed by atoms with Crippen LogP contribution in [0, 0.1) is 5.82 Å². The van der Waals surface area contributed by atoms with E-state index in [2.05, 4.69) is 4.98 Å². The molecular formula is C20H19FN2O4S. The van der Waals surface area contributed by atoms with Gasteiger partial charge in [-0.05, 0) is 68.8 Å². The number of carbonyl (C=O) groups excluding carboxylic acids is 1. The topological polar surface area (TPSA) is 78.3 Å². The highest BCUT2D eigenvalue weighted by Crippen LogP contribution is 2.22. The Kier molecular flexibility index (Phi) is 5.08. The quantitative estimate of drug-likeness (QED) is 0.490. The Hall–Kier alpha value is -3.00. The molecule has 0 radical (unpaired) electrons. The lowest BCUT2D eigenvalue weighted by molar-refractivity contribution is -0.148. The molecule has 2 aromatic heterocycles. The van der Waals surface area contributed by atoms with Gasteiger partial charge in [-0.3, -0.25) is 0 Å². The Balaban J connectivity index is 1.91. The standard InChI is InChI=1S/C20H19FN2O4S/c1-20(2,3)27-18(24)9-4-14-12-15-10-11-23(19(15)22-13-14)28(25,26)17-7-5-16(21)6-8-17/h4-13H,1-3H3. The Morgan fingerprint density at radius 3 is 2.50 bits per heavy atom. The average molecular weight is 402 g/mol. The van der Waals surface area contributed by atoms with Gasteiger partial charge in [0.2, 0.25) is 0 Å². The molecule has 0 amide bonds. The summed E-state index contributed by atoms with van der Waals surface area (Å²) in [5.41, 5.74) is 0.268. The van der Waals surface area contributed by atoms with E-state index in [-0.39, 0.29) is 10.5 Å². The lowest BCUT2D eigenvalue weighted by atomic mass is 10.2. The fourth-order valence-corrected chi connectivity index (χ4v) is 3.83. The number of hydrogen-bond donors (Lipinski definition) is 0. The molecule has 0 saturated heterocycles. The molecule has 0 spiro atoms. The van der Waals surface area contributed by atoms with Crippen LogP contribution in [0.4, 0.5) is 4.39 Å². The van der Waals surface area contributed by atoms with Crippen LogP contribution in [0.5, 0.6) is 0 Å². The first-order valence-corrected chi connectivity index (χ1v) is 9.90. The first-order chi connectivity index (χ1) is 13.1. The molecule has 0 aliphatic heterocycles. The van der Waals surface area contributed by atoms with Crippen LogP contribution in [0.2, 0.25) is 0 Å². The van der Waals surface area contributed by atoms with Gasteiger partial charge < -0.3 is 4.74 Å². The minimum atomic E-state index is -3.90. The van der Waals surface area contributed by atoms with E-state index in [4.69, 9.17) is 4.74 Å². The van der Waals surface area contributed by atoms with E-state index in [1.165, 1.54) is 30.6 Å². The van der Waals surface area contributed by atoms with Crippen molar-refractivity contribution in [3.05, 3.63) is 66.2 Å². The van der Waals surface area contributed by atoms with Crippen molar-refractivity contribution in [2.24, 2.45) is 0 Å². The number of esters is 1. The number of halogens is 1. The van der Waals surface area contributed by atoms with Crippen molar-refractivity contribution in [1.29, 1.82) is 0 Å². The number of carbonyl (C=O) groups is 1. The molecule has 146 valence electrons. The molecule has 8 heteroatoms. The normalized spacial score (nSPS) is 12.6. The highest BCUT2D eigenvalue weighted by atomic mass is 32.2. The zero-order valence-electron chi connectivity index (χ0n) is 15.6. The van der Waals surface area contributed by atoms with Crippen molar-refractivity contribution in [2.45, 2.75) is 31.3 Å². The molecule has 0 fully saturated rings. The third kappa shape index (κ3) is 4.28. The Morgan fingerprint density at radius 2 is 1.86 bits per heavy atom. The van der Waals surface area contributed by atoms with Gasteiger partial charge in [-0.15, -0.1) is 0 Å². The monoisotopic (exact) mass is 402 g/mol. The van der Waals surface area contributed by atoms with Crippen LogP contribution in [0.15, 0.2) is 59.8 Å². The lowest BCUT2D eigenvalue weighted by Crippen LogP contribution is -2.22. The molecule has 28 heavy (non-hydrogen) atoms. The van der Waals surface area contributed by atoms with Gasteiger partial charge in [0.25, 0.3) is 10.0 Å². The second kappa shape index (κ2) is 7.20. The van der Waals surface area contributed by atoms with Crippen molar-refractivity contribution in [3.63, 3.8) is 0 Å². The van der Waals surface area contributed by atoms with E-state index in [0.717, 1.165) is 16.1 Å². The maximum Gasteiger partial charge on any atom is 0.331 e. The first kappa shape index (κ1) is 19.8. The van der Waals surface area contributed by atoms with Gasteiger partial charge in [-0.25, -0.2) is 26.6 Å². The maximum absolute atomic E-state index is 13.1. The molecule has 0 aliphatic rings. The summed E-state index contributed by atoms with van der Waals surface area (Å²) in [6.07, 6.45) is 5.68. The van der Waals surface area contributed by atoms with Crippen molar-refractivity contribution >= 4 is 33.1 Å². The summed E-state index contributed by atoms with van der Waals surface area (Å²) in [4.78, 5) is 15.9. The van der Waals surface area contributed by atoms with Crippen LogP contribution in [0.1, 0.15) is 26.3 Å². The van der Waals surface area contributed by atoms with Crippen LogP contribution in [-0.4, -0.2) is 28.9 Å². The average Bonchev–Trinajstić information content (AvgIpc) is 3.03. The van der Waals surface area contributed by atoms with Crippen molar-refractivity contribution < 1.29 is 22.3 Å². The van der Waals surface area contributed by atoms with E-state index < -0.39 is 27.4 Å². The highest BCUT2D eigenvalue weighted by molar-refractivity contribution is 7.90. The van der Waals surface area contributed by atoms with E-state index >= 15 is 0 Å². The number of nitrogens with zero attached hydrogens (tertiary/aromatic N) is 2. The molecule has 2 heterocycles. The van der Waals surface area contributed by atoms with Crippen molar-refractivity contribution in [3.8, 4) is 0 Å². The molecule has 0 saturated carbocycles. The SMILES string of the molecule is CC(C)(C)OC(=O)C=Cc1cnc2c(ccn2S(=O)(=O)c2ccc(F)cc2)c1. The number of fused-ring (bicyclic) bond motifs is 1.